The molecule has 0 aromatic heterocycles. The summed E-state index contributed by atoms with van der Waals surface area (Å²) in [7, 11) is 0. The largest absolute Gasteiger partial charge is 0.338 e. The van der Waals surface area contributed by atoms with E-state index in [0.29, 0.717) is 0 Å². The molecule has 16 rings (SSSR count). The molecule has 6 aliphatic rings. The first kappa shape index (κ1) is 47.6. The summed E-state index contributed by atoms with van der Waals surface area (Å²) < 4.78 is 0. The van der Waals surface area contributed by atoms with Crippen molar-refractivity contribution in [1.29, 1.82) is 0 Å². The lowest BCUT2D eigenvalue weighted by atomic mass is 9.37. The Balaban J connectivity index is 1.05. The molecule has 1 atom stereocenters. The minimum absolute atomic E-state index is 0.0270. The van der Waals surface area contributed by atoms with Crippen molar-refractivity contribution in [2.75, 3.05) is 9.80 Å². The van der Waals surface area contributed by atoms with E-state index in [4.69, 9.17) is 0 Å². The first-order chi connectivity index (χ1) is 38.6. The van der Waals surface area contributed by atoms with Crippen LogP contribution < -0.4 is 20.7 Å². The van der Waals surface area contributed by atoms with E-state index in [9.17, 15) is 0 Å². The number of hydrogen-bond acceptors (Lipinski definition) is 2. The first-order valence-electron chi connectivity index (χ1n) is 29.1. The predicted octanol–water partition coefficient (Wildman–Crippen LogP) is 18.0. The zero-order valence-corrected chi connectivity index (χ0v) is 47.4. The van der Waals surface area contributed by atoms with E-state index < -0.39 is 10.8 Å². The molecule has 0 N–H and O–H groups in total. The molecule has 0 radical (unpaired) electrons. The van der Waals surface area contributed by atoms with Gasteiger partial charge >= 0.3 is 0 Å². The maximum Gasteiger partial charge on any atom is 0.241 e. The Morgan fingerprint density at radius 2 is 0.762 bits per heavy atom. The van der Waals surface area contributed by atoms with Gasteiger partial charge in [-0.3, -0.25) is 0 Å². The van der Waals surface area contributed by atoms with Crippen LogP contribution >= 0.6 is 0 Å². The molecule has 2 nitrogen and oxygen atoms in total. The maximum absolute atomic E-state index is 2.84. The molecule has 0 amide bonds. The van der Waals surface area contributed by atoms with Crippen molar-refractivity contribution >= 4 is 46.1 Å². The van der Waals surface area contributed by atoms with Gasteiger partial charge in [0, 0.05) is 45.3 Å². The summed E-state index contributed by atoms with van der Waals surface area (Å²) in [6, 6.07) is 82.8. The lowest BCUT2D eigenvalue weighted by Crippen LogP contribution is -2.55. The predicted molar refractivity (Wildman–Crippen MR) is 337 cm³/mol. The highest BCUT2D eigenvalue weighted by atomic mass is 15.2. The quantitative estimate of drug-likeness (QED) is 0.159. The van der Waals surface area contributed by atoms with E-state index in [1.807, 2.05) is 0 Å². The van der Waals surface area contributed by atoms with Crippen molar-refractivity contribution in [2.45, 2.75) is 90.0 Å². The van der Waals surface area contributed by atoms with Crippen molar-refractivity contribution in [2.24, 2.45) is 5.41 Å². The molecular formula is C77H65BN2. The fourth-order valence-electron chi connectivity index (χ4n) is 16.0. The molecule has 386 valence electrons. The monoisotopic (exact) mass is 1030 g/mol. The molecule has 0 saturated carbocycles. The van der Waals surface area contributed by atoms with E-state index >= 15 is 0 Å². The Bertz CT molecular complexity index is 4240. The van der Waals surface area contributed by atoms with Crippen molar-refractivity contribution in [3.8, 4) is 44.5 Å². The van der Waals surface area contributed by atoms with Crippen LogP contribution in [0.4, 0.5) is 28.4 Å². The van der Waals surface area contributed by atoms with E-state index in [-0.39, 0.29) is 29.0 Å². The normalized spacial score (nSPS) is 17.8. The van der Waals surface area contributed by atoms with Gasteiger partial charge in [-0.2, -0.15) is 0 Å². The van der Waals surface area contributed by atoms with Crippen molar-refractivity contribution < 1.29 is 0 Å². The summed E-state index contributed by atoms with van der Waals surface area (Å²) in [6.45, 7) is 21.7. The average Bonchev–Trinajstić information content (AvgIpc) is 3.75. The highest BCUT2D eigenvalue weighted by Gasteiger charge is 2.56. The minimum atomic E-state index is -0.555. The van der Waals surface area contributed by atoms with Crippen molar-refractivity contribution in [1.82, 2.24) is 0 Å². The molecule has 2 spiro atoms. The summed E-state index contributed by atoms with van der Waals surface area (Å²) in [5, 5.41) is 0. The summed E-state index contributed by atoms with van der Waals surface area (Å²) in [5.74, 6) is 2.60. The topological polar surface area (TPSA) is 6.48 Å². The van der Waals surface area contributed by atoms with Gasteiger partial charge in [-0.25, -0.2) is 0 Å². The zero-order chi connectivity index (χ0) is 54.4. The molecular weight excluding hydrogens is 964 g/mol. The van der Waals surface area contributed by atoms with Crippen LogP contribution in [0.15, 0.2) is 224 Å². The summed E-state index contributed by atoms with van der Waals surface area (Å²) in [5.41, 5.74) is 31.3. The van der Waals surface area contributed by atoms with Crippen LogP contribution in [0, 0.1) is 5.41 Å². The third-order valence-corrected chi connectivity index (χ3v) is 19.9. The molecule has 4 aliphatic carbocycles. The van der Waals surface area contributed by atoms with Gasteiger partial charge in [0.2, 0.25) is 6.71 Å². The van der Waals surface area contributed by atoms with Crippen molar-refractivity contribution in [3.05, 3.63) is 280 Å². The van der Waals surface area contributed by atoms with Gasteiger partial charge < -0.3 is 9.80 Å². The van der Waals surface area contributed by atoms with Crippen molar-refractivity contribution in [3.63, 3.8) is 0 Å². The van der Waals surface area contributed by atoms with Gasteiger partial charge in [0.1, 0.15) is 0 Å². The molecule has 0 saturated heterocycles. The average molecular weight is 1030 g/mol. The van der Waals surface area contributed by atoms with E-state index in [2.05, 4.69) is 296 Å². The summed E-state index contributed by atoms with van der Waals surface area (Å²) in [6.07, 6.45) is 2.58. The van der Waals surface area contributed by atoms with Crippen LogP contribution in [-0.4, -0.2) is 12.8 Å². The number of rotatable bonds is 2. The number of fused-ring (bicyclic) bond motifs is 22. The van der Waals surface area contributed by atoms with Crippen LogP contribution in [0.1, 0.15) is 118 Å². The highest BCUT2D eigenvalue weighted by Crippen LogP contribution is 2.68. The van der Waals surface area contributed by atoms with Crippen LogP contribution in [-0.2, 0) is 21.7 Å². The molecule has 0 unspecified atom stereocenters. The Morgan fingerprint density at radius 1 is 0.375 bits per heavy atom. The number of anilines is 5. The van der Waals surface area contributed by atoms with Gasteiger partial charge in [0.15, 0.2) is 0 Å². The third kappa shape index (κ3) is 5.95. The van der Waals surface area contributed by atoms with Crippen LogP contribution in [0.5, 0.6) is 0 Å². The molecule has 0 bridgehead atoms. The first-order valence-corrected chi connectivity index (χ1v) is 29.1. The third-order valence-electron chi connectivity index (χ3n) is 19.9. The van der Waals surface area contributed by atoms with Crippen LogP contribution in [0.2, 0.25) is 0 Å². The van der Waals surface area contributed by atoms with Gasteiger partial charge in [-0.05, 0) is 148 Å². The fraction of sp³-hybridized carbons (Fsp3) is 0.195. The van der Waals surface area contributed by atoms with E-state index in [0.717, 1.165) is 0 Å². The zero-order valence-electron chi connectivity index (χ0n) is 47.4. The molecule has 2 aliphatic heterocycles. The smallest absolute Gasteiger partial charge is 0.241 e. The Labute approximate surface area is 473 Å². The fourth-order valence-corrected chi connectivity index (χ4v) is 16.0. The molecule has 3 heteroatoms. The second-order valence-corrected chi connectivity index (χ2v) is 26.4. The number of benzene rings is 10. The molecule has 10 aromatic rings. The highest BCUT2D eigenvalue weighted by molar-refractivity contribution is 6.93. The number of hydrogen-bond donors (Lipinski definition) is 0. The maximum atomic E-state index is 2.84. The Morgan fingerprint density at radius 3 is 1.21 bits per heavy atom. The molecule has 2 heterocycles. The van der Waals surface area contributed by atoms with Crippen LogP contribution in [0.3, 0.4) is 0 Å². The SMILES string of the molecule is C[C@@H]1N(c2cccc3c2C2(c4ccccc4-c4ccccc42)c2ccccc2-3)c2cc(C(C)(C)C)cc3c2B(/C=C/C1(C)C)c1cc(C(C)(C)C)ccc1N3c1cccc2c1C1(c3ccccc3-c3ccccc31)c1ccccc1-2. The Kier molecular flexibility index (Phi) is 9.60. The summed E-state index contributed by atoms with van der Waals surface area (Å²) in [4.78, 5) is 5.58. The molecule has 10 aromatic carbocycles. The Hall–Kier alpha value is -8.40. The second kappa shape index (κ2) is 16.1. The van der Waals surface area contributed by atoms with E-state index in [1.54, 1.807) is 0 Å². The van der Waals surface area contributed by atoms with Gasteiger partial charge in [-0.15, -0.1) is 5.98 Å². The van der Waals surface area contributed by atoms with Gasteiger partial charge in [0.25, 0.3) is 0 Å². The molecule has 80 heavy (non-hydrogen) atoms. The summed E-state index contributed by atoms with van der Waals surface area (Å²) >= 11 is 0. The standard InChI is InChI=1S/C77H65BN2/c1-47-75(8,9)42-43-78-64-44-48(73(2,3)4)40-41-65(64)80(67-39-23-31-57-55-29-15-21-37-63(55)77(71(57)67)60-34-18-12-26-52(60)53-27-13-19-35-61(53)77)69-46-49(74(5,6)7)45-68(72(69)78)79(47)66-38-22-30-56-54-28-14-20-36-62(54)76(70(56)66)58-32-16-10-24-50(58)51-25-11-17-33-59(51)76/h10-47H,1-9H3/b43-42+/t47-/m0/s1. The van der Waals surface area contributed by atoms with Gasteiger partial charge in [0.05, 0.1) is 16.5 Å². The number of nitrogens with zero attached hydrogens (tertiary/aromatic N) is 2. The lowest BCUT2D eigenvalue weighted by Gasteiger charge is -2.48. The van der Waals surface area contributed by atoms with E-state index in [1.165, 1.54) is 140 Å². The van der Waals surface area contributed by atoms with Gasteiger partial charge in [-0.1, -0.05) is 243 Å². The molecule has 0 fully saturated rings. The minimum Gasteiger partial charge on any atom is -0.338 e. The van der Waals surface area contributed by atoms with Crippen LogP contribution in [0.25, 0.3) is 44.5 Å². The lowest BCUT2D eigenvalue weighted by molar-refractivity contribution is 0.389. The second-order valence-electron chi connectivity index (χ2n) is 26.4.